The Labute approximate surface area is 157 Å². The van der Waals surface area contributed by atoms with Crippen LogP contribution in [0.1, 0.15) is 24.5 Å². The number of hydrogen-bond acceptors (Lipinski definition) is 2. The molecular formula is C22H23N3O2. The van der Waals surface area contributed by atoms with Gasteiger partial charge in [0.05, 0.1) is 0 Å². The van der Waals surface area contributed by atoms with Gasteiger partial charge in [-0.25, -0.2) is 0 Å². The van der Waals surface area contributed by atoms with Gasteiger partial charge < -0.3 is 14.0 Å². The summed E-state index contributed by atoms with van der Waals surface area (Å²) in [5.74, 6) is 0.879. The van der Waals surface area contributed by atoms with E-state index in [1.807, 2.05) is 33.7 Å². The average Bonchev–Trinajstić information content (AvgIpc) is 3.10. The zero-order valence-electron chi connectivity index (χ0n) is 15.3. The molecule has 0 spiro atoms. The molecule has 2 atom stereocenters. The average molecular weight is 361 g/mol. The number of fused-ring (bicyclic) bond motifs is 5. The molecule has 138 valence electrons. The van der Waals surface area contributed by atoms with Crippen molar-refractivity contribution < 1.29 is 4.79 Å². The van der Waals surface area contributed by atoms with Gasteiger partial charge in [0.15, 0.2) is 0 Å². The zero-order valence-corrected chi connectivity index (χ0v) is 15.3. The second-order valence-corrected chi connectivity index (χ2v) is 7.81. The van der Waals surface area contributed by atoms with Crippen molar-refractivity contribution in [2.75, 3.05) is 13.1 Å². The van der Waals surface area contributed by atoms with Crippen LogP contribution in [0.15, 0.2) is 59.5 Å². The highest BCUT2D eigenvalue weighted by Crippen LogP contribution is 2.35. The summed E-state index contributed by atoms with van der Waals surface area (Å²) in [6.07, 6.45) is 3.65. The van der Waals surface area contributed by atoms with Gasteiger partial charge in [0.2, 0.25) is 5.91 Å². The molecule has 0 aliphatic carbocycles. The molecule has 1 fully saturated rings. The number of piperidine rings is 1. The molecule has 0 saturated carbocycles. The van der Waals surface area contributed by atoms with Gasteiger partial charge in [-0.2, -0.15) is 0 Å². The first kappa shape index (κ1) is 16.4. The Kier molecular flexibility index (Phi) is 3.88. The minimum atomic E-state index is 0.0847. The van der Waals surface area contributed by atoms with Crippen LogP contribution in [0.2, 0.25) is 0 Å². The first-order valence-electron chi connectivity index (χ1n) is 9.70. The lowest BCUT2D eigenvalue weighted by Crippen LogP contribution is -2.49. The molecule has 5 rings (SSSR count). The van der Waals surface area contributed by atoms with Crippen molar-refractivity contribution >= 4 is 16.8 Å². The van der Waals surface area contributed by atoms with Crippen molar-refractivity contribution in [1.29, 1.82) is 0 Å². The van der Waals surface area contributed by atoms with Crippen molar-refractivity contribution in [2.24, 2.45) is 5.92 Å². The van der Waals surface area contributed by atoms with Gasteiger partial charge in [0.1, 0.15) is 0 Å². The Bertz CT molecular complexity index is 1060. The van der Waals surface area contributed by atoms with E-state index in [9.17, 15) is 9.59 Å². The number of benzene rings is 1. The maximum atomic E-state index is 12.9. The third kappa shape index (κ3) is 2.87. The van der Waals surface area contributed by atoms with Crippen molar-refractivity contribution in [3.63, 3.8) is 0 Å². The van der Waals surface area contributed by atoms with Crippen LogP contribution in [0.3, 0.4) is 0 Å². The third-order valence-electron chi connectivity index (χ3n) is 6.08. The predicted molar refractivity (Wildman–Crippen MR) is 105 cm³/mol. The standard InChI is InChI=1S/C22H23N3O2/c26-21(9-11-23-10-8-17-4-1-2-5-19(17)23)24-13-16-12-18(15-24)20-6-3-7-22(27)25(20)14-16/h1-8,10,16,18H,9,11-15H2. The molecule has 0 N–H and O–H groups in total. The van der Waals surface area contributed by atoms with Crippen LogP contribution in [0.4, 0.5) is 0 Å². The number of rotatable bonds is 3. The summed E-state index contributed by atoms with van der Waals surface area (Å²) in [4.78, 5) is 27.0. The number of likely N-dealkylation sites (tertiary alicyclic amines) is 1. The minimum absolute atomic E-state index is 0.0847. The second-order valence-electron chi connectivity index (χ2n) is 7.81. The third-order valence-corrected chi connectivity index (χ3v) is 6.08. The molecule has 1 aromatic carbocycles. The highest BCUT2D eigenvalue weighted by atomic mass is 16.2. The topological polar surface area (TPSA) is 47.2 Å². The molecule has 3 aromatic rings. The summed E-state index contributed by atoms with van der Waals surface area (Å²) in [6, 6.07) is 15.9. The predicted octanol–water partition coefficient (Wildman–Crippen LogP) is 2.84. The fourth-order valence-electron chi connectivity index (χ4n) is 4.81. The molecule has 1 saturated heterocycles. The highest BCUT2D eigenvalue weighted by molar-refractivity contribution is 5.80. The molecule has 27 heavy (non-hydrogen) atoms. The molecule has 2 aromatic heterocycles. The largest absolute Gasteiger partial charge is 0.347 e. The summed E-state index contributed by atoms with van der Waals surface area (Å²) in [6.45, 7) is 2.93. The molecule has 5 heteroatoms. The summed E-state index contributed by atoms with van der Waals surface area (Å²) >= 11 is 0. The van der Waals surface area contributed by atoms with E-state index in [1.165, 1.54) is 10.9 Å². The number of carbonyl (C=O) groups excluding carboxylic acids is 1. The lowest BCUT2D eigenvalue weighted by atomic mass is 9.83. The van der Waals surface area contributed by atoms with E-state index in [-0.39, 0.29) is 17.4 Å². The number of para-hydroxylation sites is 1. The minimum Gasteiger partial charge on any atom is -0.347 e. The van der Waals surface area contributed by atoms with E-state index < -0.39 is 0 Å². The molecule has 2 unspecified atom stereocenters. The normalized spacial score (nSPS) is 21.3. The van der Waals surface area contributed by atoms with Crippen molar-refractivity contribution in [3.05, 3.63) is 70.8 Å². The fraction of sp³-hybridized carbons (Fsp3) is 0.364. The number of aromatic nitrogens is 2. The van der Waals surface area contributed by atoms with E-state index in [2.05, 4.69) is 29.0 Å². The van der Waals surface area contributed by atoms with E-state index in [0.29, 0.717) is 18.9 Å². The summed E-state index contributed by atoms with van der Waals surface area (Å²) in [7, 11) is 0. The van der Waals surface area contributed by atoms with Gasteiger partial charge >= 0.3 is 0 Å². The molecule has 2 bridgehead atoms. The second kappa shape index (κ2) is 6.41. The number of nitrogens with zero attached hydrogens (tertiary/aromatic N) is 3. The van der Waals surface area contributed by atoms with Gasteiger partial charge in [0, 0.05) is 62.0 Å². The number of hydrogen-bond donors (Lipinski definition) is 0. The zero-order chi connectivity index (χ0) is 18.4. The summed E-state index contributed by atoms with van der Waals surface area (Å²) < 4.78 is 4.07. The SMILES string of the molecule is O=C(CCn1ccc2ccccc21)N1CC2CC(C1)c1cccc(=O)n1C2. The molecule has 4 heterocycles. The molecule has 1 amide bonds. The number of carbonyl (C=O) groups is 1. The fourth-order valence-corrected chi connectivity index (χ4v) is 4.81. The van der Waals surface area contributed by atoms with Crippen molar-refractivity contribution in [1.82, 2.24) is 14.0 Å². The molecule has 2 aliphatic rings. The highest BCUT2D eigenvalue weighted by Gasteiger charge is 2.35. The molecule has 2 aliphatic heterocycles. The van der Waals surface area contributed by atoms with E-state index in [0.717, 1.165) is 31.7 Å². The Balaban J connectivity index is 1.30. The lowest BCUT2D eigenvalue weighted by Gasteiger charge is -2.42. The Morgan fingerprint density at radius 3 is 2.81 bits per heavy atom. The van der Waals surface area contributed by atoms with Gasteiger partial charge in [0.25, 0.3) is 5.56 Å². The quantitative estimate of drug-likeness (QED) is 0.720. The van der Waals surface area contributed by atoms with Gasteiger partial charge in [-0.3, -0.25) is 9.59 Å². The summed E-state index contributed by atoms with van der Waals surface area (Å²) in [5, 5.41) is 1.21. The van der Waals surface area contributed by atoms with E-state index >= 15 is 0 Å². The molecule has 5 nitrogen and oxygen atoms in total. The smallest absolute Gasteiger partial charge is 0.250 e. The number of amides is 1. The molecular weight excluding hydrogens is 338 g/mol. The van der Waals surface area contributed by atoms with E-state index in [4.69, 9.17) is 0 Å². The van der Waals surface area contributed by atoms with Crippen LogP contribution >= 0.6 is 0 Å². The van der Waals surface area contributed by atoms with E-state index in [1.54, 1.807) is 6.07 Å². The van der Waals surface area contributed by atoms with Crippen LogP contribution in [0.25, 0.3) is 10.9 Å². The van der Waals surface area contributed by atoms with Crippen molar-refractivity contribution in [2.45, 2.75) is 31.8 Å². The maximum Gasteiger partial charge on any atom is 0.250 e. The number of aryl methyl sites for hydroxylation is 1. The maximum absolute atomic E-state index is 12.9. The van der Waals surface area contributed by atoms with Crippen LogP contribution in [0.5, 0.6) is 0 Å². The monoisotopic (exact) mass is 361 g/mol. The first-order chi connectivity index (χ1) is 13.2. The van der Waals surface area contributed by atoms with Crippen LogP contribution in [-0.2, 0) is 17.9 Å². The summed E-state index contributed by atoms with van der Waals surface area (Å²) in [5.41, 5.74) is 2.35. The Morgan fingerprint density at radius 2 is 1.89 bits per heavy atom. The van der Waals surface area contributed by atoms with Crippen LogP contribution < -0.4 is 5.56 Å². The molecule has 0 radical (unpaired) electrons. The van der Waals surface area contributed by atoms with Crippen LogP contribution in [-0.4, -0.2) is 33.0 Å². The lowest BCUT2D eigenvalue weighted by molar-refractivity contribution is -0.134. The Morgan fingerprint density at radius 1 is 1.00 bits per heavy atom. The van der Waals surface area contributed by atoms with Crippen molar-refractivity contribution in [3.8, 4) is 0 Å². The van der Waals surface area contributed by atoms with Gasteiger partial charge in [-0.15, -0.1) is 0 Å². The number of pyridine rings is 1. The van der Waals surface area contributed by atoms with Crippen LogP contribution in [0, 0.1) is 5.92 Å². The van der Waals surface area contributed by atoms with Gasteiger partial charge in [-0.1, -0.05) is 24.3 Å². The first-order valence-corrected chi connectivity index (χ1v) is 9.70. The Hall–Kier alpha value is -2.82. The van der Waals surface area contributed by atoms with Gasteiger partial charge in [-0.05, 0) is 35.9 Å².